The second-order valence-electron chi connectivity index (χ2n) is 7.95. The van der Waals surface area contributed by atoms with Crippen molar-refractivity contribution in [2.75, 3.05) is 13.1 Å². The number of fused-ring (bicyclic) bond motifs is 2. The second kappa shape index (κ2) is 5.79. The lowest BCUT2D eigenvalue weighted by molar-refractivity contribution is -0.149. The molecule has 1 saturated heterocycles. The standard InChI is InChI=1S/C19H24N4O3/c1-11(2)23-16-13(8-20-23)7-15(12(3)21-16)17(24)22-9-14-5-4-6-19(14,10-22)18(25)26/h7-8,11,14H,4-6,9-10H2,1-3H3,(H,25,26)/t14-,19+/m0/s1. The molecule has 2 atom stereocenters. The Kier molecular flexibility index (Phi) is 3.78. The Morgan fingerprint density at radius 2 is 2.15 bits per heavy atom. The molecule has 138 valence electrons. The van der Waals surface area contributed by atoms with E-state index >= 15 is 0 Å². The van der Waals surface area contributed by atoms with E-state index in [2.05, 4.69) is 10.1 Å². The predicted molar refractivity (Wildman–Crippen MR) is 96.0 cm³/mol. The highest BCUT2D eigenvalue weighted by atomic mass is 16.4. The fourth-order valence-corrected chi connectivity index (χ4v) is 4.62. The van der Waals surface area contributed by atoms with Gasteiger partial charge in [-0.2, -0.15) is 5.10 Å². The molecule has 0 spiro atoms. The highest BCUT2D eigenvalue weighted by Gasteiger charge is 2.55. The van der Waals surface area contributed by atoms with E-state index in [9.17, 15) is 14.7 Å². The summed E-state index contributed by atoms with van der Waals surface area (Å²) in [4.78, 5) is 31.3. The summed E-state index contributed by atoms with van der Waals surface area (Å²) in [6, 6.07) is 2.03. The van der Waals surface area contributed by atoms with E-state index in [1.165, 1.54) is 0 Å². The van der Waals surface area contributed by atoms with E-state index in [4.69, 9.17) is 0 Å². The van der Waals surface area contributed by atoms with E-state index in [-0.39, 0.29) is 17.9 Å². The largest absolute Gasteiger partial charge is 0.481 e. The monoisotopic (exact) mass is 356 g/mol. The van der Waals surface area contributed by atoms with Crippen molar-refractivity contribution < 1.29 is 14.7 Å². The molecular formula is C19H24N4O3. The van der Waals surface area contributed by atoms with Gasteiger partial charge in [0.2, 0.25) is 0 Å². The summed E-state index contributed by atoms with van der Waals surface area (Å²) in [6.07, 6.45) is 4.21. The molecule has 1 saturated carbocycles. The molecule has 7 heteroatoms. The van der Waals surface area contributed by atoms with Crippen molar-refractivity contribution in [1.29, 1.82) is 0 Å². The van der Waals surface area contributed by atoms with Crippen molar-refractivity contribution >= 4 is 22.9 Å². The van der Waals surface area contributed by atoms with Gasteiger partial charge in [-0.1, -0.05) is 6.42 Å². The molecular weight excluding hydrogens is 332 g/mol. The summed E-state index contributed by atoms with van der Waals surface area (Å²) in [7, 11) is 0. The van der Waals surface area contributed by atoms with Crippen LogP contribution in [0.3, 0.4) is 0 Å². The maximum atomic E-state index is 13.1. The van der Waals surface area contributed by atoms with E-state index in [0.29, 0.717) is 30.8 Å². The lowest BCUT2D eigenvalue weighted by Crippen LogP contribution is -2.37. The Morgan fingerprint density at radius 3 is 2.81 bits per heavy atom. The number of amides is 1. The summed E-state index contributed by atoms with van der Waals surface area (Å²) < 4.78 is 1.84. The smallest absolute Gasteiger partial charge is 0.311 e. The quantitative estimate of drug-likeness (QED) is 0.913. The fourth-order valence-electron chi connectivity index (χ4n) is 4.62. The van der Waals surface area contributed by atoms with Gasteiger partial charge in [-0.15, -0.1) is 0 Å². The van der Waals surface area contributed by atoms with Crippen LogP contribution >= 0.6 is 0 Å². The van der Waals surface area contributed by atoms with Gasteiger partial charge in [0, 0.05) is 24.5 Å². The van der Waals surface area contributed by atoms with E-state index < -0.39 is 11.4 Å². The molecule has 1 N–H and O–H groups in total. The first kappa shape index (κ1) is 17.0. The van der Waals surface area contributed by atoms with Crippen LogP contribution in [0.1, 0.15) is 55.2 Å². The van der Waals surface area contributed by atoms with Gasteiger partial charge in [-0.05, 0) is 45.6 Å². The molecule has 7 nitrogen and oxygen atoms in total. The topological polar surface area (TPSA) is 88.3 Å². The number of carbonyl (C=O) groups excluding carboxylic acids is 1. The number of pyridine rings is 1. The third-order valence-corrected chi connectivity index (χ3v) is 6.06. The maximum Gasteiger partial charge on any atom is 0.311 e. The zero-order valence-electron chi connectivity index (χ0n) is 15.4. The van der Waals surface area contributed by atoms with Crippen LogP contribution in [0.5, 0.6) is 0 Å². The van der Waals surface area contributed by atoms with Gasteiger partial charge < -0.3 is 10.0 Å². The van der Waals surface area contributed by atoms with Crippen LogP contribution in [0.15, 0.2) is 12.3 Å². The SMILES string of the molecule is Cc1nc2c(cnn2C(C)C)cc1C(=O)N1C[C@@H]2CCC[C@@]2(C(=O)O)C1. The average Bonchev–Trinajstić information content (AvgIpc) is 3.24. The molecule has 2 aromatic rings. The number of carboxylic acids is 1. The number of aryl methyl sites for hydroxylation is 1. The minimum Gasteiger partial charge on any atom is -0.481 e. The van der Waals surface area contributed by atoms with Crippen LogP contribution in [0.4, 0.5) is 0 Å². The third kappa shape index (κ3) is 2.33. The molecule has 0 unspecified atom stereocenters. The fraction of sp³-hybridized carbons (Fsp3) is 0.579. The molecule has 4 rings (SSSR count). The number of carboxylic acid groups (broad SMARTS) is 1. The molecule has 2 fully saturated rings. The summed E-state index contributed by atoms with van der Waals surface area (Å²) in [5.41, 5.74) is 1.21. The number of hydrogen-bond donors (Lipinski definition) is 1. The zero-order valence-corrected chi connectivity index (χ0v) is 15.4. The van der Waals surface area contributed by atoms with Gasteiger partial charge in [0.05, 0.1) is 22.9 Å². The first-order valence-electron chi connectivity index (χ1n) is 9.21. The Balaban J connectivity index is 1.67. The number of rotatable bonds is 3. The first-order chi connectivity index (χ1) is 12.3. The van der Waals surface area contributed by atoms with Gasteiger partial charge in [0.1, 0.15) is 0 Å². The summed E-state index contributed by atoms with van der Waals surface area (Å²) in [5, 5.41) is 14.9. The number of likely N-dealkylation sites (tertiary alicyclic amines) is 1. The van der Waals surface area contributed by atoms with E-state index in [1.54, 1.807) is 11.1 Å². The summed E-state index contributed by atoms with van der Waals surface area (Å²) in [6.45, 7) is 6.73. The molecule has 1 aliphatic carbocycles. The van der Waals surface area contributed by atoms with Gasteiger partial charge in [-0.3, -0.25) is 9.59 Å². The van der Waals surface area contributed by atoms with Crippen molar-refractivity contribution in [3.8, 4) is 0 Å². The van der Waals surface area contributed by atoms with Crippen LogP contribution < -0.4 is 0 Å². The zero-order chi connectivity index (χ0) is 18.6. The third-order valence-electron chi connectivity index (χ3n) is 6.06. The normalized spacial score (nSPS) is 25.2. The van der Waals surface area contributed by atoms with Crippen LogP contribution in [0.2, 0.25) is 0 Å². The molecule has 2 aliphatic rings. The number of aliphatic carboxylic acids is 1. The summed E-state index contributed by atoms with van der Waals surface area (Å²) in [5.74, 6) is -0.826. The molecule has 0 radical (unpaired) electrons. The van der Waals surface area contributed by atoms with Gasteiger partial charge in [0.25, 0.3) is 5.91 Å². The van der Waals surface area contributed by atoms with E-state index in [0.717, 1.165) is 23.9 Å². The van der Waals surface area contributed by atoms with Crippen LogP contribution in [-0.4, -0.2) is 49.7 Å². The highest BCUT2D eigenvalue weighted by molar-refractivity contribution is 5.99. The Hall–Kier alpha value is -2.44. The van der Waals surface area contributed by atoms with Crippen LogP contribution in [0, 0.1) is 18.3 Å². The highest BCUT2D eigenvalue weighted by Crippen LogP contribution is 2.49. The number of nitrogens with zero attached hydrogens (tertiary/aromatic N) is 4. The molecule has 0 bridgehead atoms. The van der Waals surface area contributed by atoms with Crippen molar-refractivity contribution in [3.05, 3.63) is 23.5 Å². The van der Waals surface area contributed by atoms with Gasteiger partial charge in [0.15, 0.2) is 5.65 Å². The number of hydrogen-bond acceptors (Lipinski definition) is 4. The Bertz CT molecular complexity index is 904. The number of aromatic nitrogens is 3. The minimum absolute atomic E-state index is 0.0598. The molecule has 1 aliphatic heterocycles. The molecule has 3 heterocycles. The van der Waals surface area contributed by atoms with E-state index in [1.807, 2.05) is 31.5 Å². The second-order valence-corrected chi connectivity index (χ2v) is 7.95. The van der Waals surface area contributed by atoms with Crippen molar-refractivity contribution in [3.63, 3.8) is 0 Å². The van der Waals surface area contributed by atoms with Crippen molar-refractivity contribution in [1.82, 2.24) is 19.7 Å². The molecule has 1 amide bonds. The Morgan fingerprint density at radius 1 is 1.38 bits per heavy atom. The maximum absolute atomic E-state index is 13.1. The average molecular weight is 356 g/mol. The van der Waals surface area contributed by atoms with Crippen molar-refractivity contribution in [2.24, 2.45) is 11.3 Å². The predicted octanol–water partition coefficient (Wildman–Crippen LogP) is 2.65. The van der Waals surface area contributed by atoms with Crippen molar-refractivity contribution in [2.45, 2.75) is 46.1 Å². The molecule has 26 heavy (non-hydrogen) atoms. The van der Waals surface area contributed by atoms with Gasteiger partial charge >= 0.3 is 5.97 Å². The lowest BCUT2D eigenvalue weighted by Gasteiger charge is -2.23. The van der Waals surface area contributed by atoms with Gasteiger partial charge in [-0.25, -0.2) is 9.67 Å². The van der Waals surface area contributed by atoms with Crippen LogP contribution in [0.25, 0.3) is 11.0 Å². The molecule has 2 aromatic heterocycles. The lowest BCUT2D eigenvalue weighted by atomic mass is 9.81. The molecule has 0 aromatic carbocycles. The Labute approximate surface area is 152 Å². The van der Waals surface area contributed by atoms with Crippen LogP contribution in [-0.2, 0) is 4.79 Å². The minimum atomic E-state index is -0.765. The first-order valence-corrected chi connectivity index (χ1v) is 9.21. The number of carbonyl (C=O) groups is 2. The summed E-state index contributed by atoms with van der Waals surface area (Å²) >= 11 is 0.